The molecule has 1 aromatic carbocycles. The molecule has 2 nitrogen and oxygen atoms in total. The minimum atomic E-state index is -4.48. The second kappa shape index (κ2) is 5.48. The van der Waals surface area contributed by atoms with Gasteiger partial charge in [-0.2, -0.15) is 13.2 Å². The van der Waals surface area contributed by atoms with E-state index in [1.165, 1.54) is 0 Å². The highest BCUT2D eigenvalue weighted by Gasteiger charge is 2.33. The van der Waals surface area contributed by atoms with E-state index in [2.05, 4.69) is 10.3 Å². The summed E-state index contributed by atoms with van der Waals surface area (Å²) in [4.78, 5) is 3.73. The van der Waals surface area contributed by atoms with E-state index in [1.54, 1.807) is 19.1 Å². The van der Waals surface area contributed by atoms with Crippen molar-refractivity contribution >= 4 is 28.2 Å². The molecule has 0 bridgehead atoms. The van der Waals surface area contributed by atoms with E-state index in [-0.39, 0.29) is 5.52 Å². The van der Waals surface area contributed by atoms with E-state index in [0.29, 0.717) is 28.2 Å². The predicted molar refractivity (Wildman–Crippen MR) is 75.3 cm³/mol. The van der Waals surface area contributed by atoms with Crippen molar-refractivity contribution in [2.75, 3.05) is 11.9 Å². The Labute approximate surface area is 120 Å². The van der Waals surface area contributed by atoms with E-state index in [4.69, 9.17) is 11.6 Å². The van der Waals surface area contributed by atoms with Crippen LogP contribution in [0.5, 0.6) is 0 Å². The Kier molecular flexibility index (Phi) is 4.09. The van der Waals surface area contributed by atoms with Crippen LogP contribution in [0.4, 0.5) is 18.9 Å². The maximum Gasteiger partial charge on any atom is 0.433 e. The summed E-state index contributed by atoms with van der Waals surface area (Å²) >= 11 is 6.12. The van der Waals surface area contributed by atoms with Gasteiger partial charge in [0.05, 0.1) is 10.5 Å². The fourth-order valence-corrected chi connectivity index (χ4v) is 2.23. The molecule has 0 aliphatic carbocycles. The van der Waals surface area contributed by atoms with Gasteiger partial charge in [0.1, 0.15) is 5.69 Å². The molecular formula is C14H14ClF3N2. The van der Waals surface area contributed by atoms with E-state index >= 15 is 0 Å². The summed E-state index contributed by atoms with van der Waals surface area (Å²) in [5.41, 5.74) is 0.410. The smallest absolute Gasteiger partial charge is 0.384 e. The normalized spacial score (nSPS) is 11.9. The van der Waals surface area contributed by atoms with Gasteiger partial charge >= 0.3 is 6.18 Å². The van der Waals surface area contributed by atoms with Crippen molar-refractivity contribution in [3.8, 4) is 0 Å². The van der Waals surface area contributed by atoms with Crippen molar-refractivity contribution in [2.45, 2.75) is 26.4 Å². The molecular weight excluding hydrogens is 289 g/mol. The molecule has 6 heteroatoms. The number of rotatable bonds is 3. The van der Waals surface area contributed by atoms with Crippen LogP contribution in [0.3, 0.4) is 0 Å². The average molecular weight is 303 g/mol. The molecule has 0 fully saturated rings. The quantitative estimate of drug-likeness (QED) is 0.859. The summed E-state index contributed by atoms with van der Waals surface area (Å²) in [5.74, 6) is 0. The van der Waals surface area contributed by atoms with Crippen LogP contribution in [0, 0.1) is 6.92 Å². The van der Waals surface area contributed by atoms with E-state index in [1.807, 2.05) is 6.92 Å². The van der Waals surface area contributed by atoms with Crippen LogP contribution in [-0.2, 0) is 6.18 Å². The number of anilines is 1. The van der Waals surface area contributed by atoms with Crippen LogP contribution in [0.25, 0.3) is 10.9 Å². The van der Waals surface area contributed by atoms with Crippen LogP contribution in [-0.4, -0.2) is 11.5 Å². The topological polar surface area (TPSA) is 24.9 Å². The SMILES string of the molecule is CCCNc1cc(C(F)(F)F)nc2c(C)ccc(Cl)c12. The Morgan fingerprint density at radius 3 is 2.60 bits per heavy atom. The van der Waals surface area contributed by atoms with Gasteiger partial charge in [0.2, 0.25) is 0 Å². The van der Waals surface area contributed by atoms with Crippen LogP contribution in [0.1, 0.15) is 24.6 Å². The Morgan fingerprint density at radius 1 is 1.30 bits per heavy atom. The summed E-state index contributed by atoms with van der Waals surface area (Å²) in [5, 5.41) is 3.92. The van der Waals surface area contributed by atoms with Crippen molar-refractivity contribution in [3.05, 3.63) is 34.5 Å². The Hall–Kier alpha value is -1.49. The number of halogens is 4. The van der Waals surface area contributed by atoms with Crippen LogP contribution in [0.2, 0.25) is 5.02 Å². The van der Waals surface area contributed by atoms with Gasteiger partial charge in [-0.25, -0.2) is 4.98 Å². The summed E-state index contributed by atoms with van der Waals surface area (Å²) in [6.45, 7) is 4.23. The first-order chi connectivity index (χ1) is 9.34. The van der Waals surface area contributed by atoms with Gasteiger partial charge in [0, 0.05) is 17.6 Å². The third kappa shape index (κ3) is 2.82. The number of aromatic nitrogens is 1. The lowest BCUT2D eigenvalue weighted by Gasteiger charge is -2.15. The zero-order valence-corrected chi connectivity index (χ0v) is 11.9. The summed E-state index contributed by atoms with van der Waals surface area (Å²) in [6.07, 6.45) is -3.68. The van der Waals surface area contributed by atoms with Crippen LogP contribution < -0.4 is 5.32 Å². The maximum atomic E-state index is 12.9. The first kappa shape index (κ1) is 14.9. The van der Waals surface area contributed by atoms with Crippen LogP contribution >= 0.6 is 11.6 Å². The number of fused-ring (bicyclic) bond motifs is 1. The van der Waals surface area contributed by atoms with Gasteiger partial charge < -0.3 is 5.32 Å². The largest absolute Gasteiger partial charge is 0.433 e. The Balaban J connectivity index is 2.74. The molecule has 1 aromatic heterocycles. The zero-order chi connectivity index (χ0) is 14.9. The minimum absolute atomic E-state index is 0.283. The molecule has 1 N–H and O–H groups in total. The molecule has 0 saturated heterocycles. The minimum Gasteiger partial charge on any atom is -0.384 e. The number of nitrogens with one attached hydrogen (secondary N) is 1. The lowest BCUT2D eigenvalue weighted by molar-refractivity contribution is -0.140. The molecule has 2 rings (SSSR count). The van der Waals surface area contributed by atoms with E-state index < -0.39 is 11.9 Å². The highest BCUT2D eigenvalue weighted by Crippen LogP contribution is 2.37. The zero-order valence-electron chi connectivity index (χ0n) is 11.1. The molecule has 2 aromatic rings. The lowest BCUT2D eigenvalue weighted by atomic mass is 10.1. The number of pyridine rings is 1. The van der Waals surface area contributed by atoms with E-state index in [0.717, 1.165) is 12.5 Å². The van der Waals surface area contributed by atoms with Gasteiger partial charge in [0.25, 0.3) is 0 Å². The molecule has 1 heterocycles. The molecule has 0 amide bonds. The average Bonchev–Trinajstić information content (AvgIpc) is 2.39. The van der Waals surface area contributed by atoms with Crippen LogP contribution in [0.15, 0.2) is 18.2 Å². The molecule has 0 spiro atoms. The third-order valence-corrected chi connectivity index (χ3v) is 3.28. The monoisotopic (exact) mass is 302 g/mol. The second-order valence-corrected chi connectivity index (χ2v) is 4.97. The van der Waals surface area contributed by atoms with Crippen molar-refractivity contribution in [1.29, 1.82) is 0 Å². The summed E-state index contributed by atoms with van der Waals surface area (Å²) in [7, 11) is 0. The standard InChI is InChI=1S/C14H14ClF3N2/c1-3-6-19-10-7-11(14(16,17)18)20-13-8(2)4-5-9(15)12(10)13/h4-5,7H,3,6H2,1-2H3,(H,19,20). The van der Waals surface area contributed by atoms with E-state index in [9.17, 15) is 13.2 Å². The molecule has 0 atom stereocenters. The van der Waals surface area contributed by atoms with Gasteiger partial charge in [-0.05, 0) is 31.0 Å². The predicted octanol–water partition coefficient (Wildman–Crippen LogP) is 5.04. The maximum absolute atomic E-state index is 12.9. The molecule has 0 saturated carbocycles. The van der Waals surface area contributed by atoms with Gasteiger partial charge in [-0.3, -0.25) is 0 Å². The third-order valence-electron chi connectivity index (χ3n) is 2.97. The molecule has 0 radical (unpaired) electrons. The highest BCUT2D eigenvalue weighted by molar-refractivity contribution is 6.36. The molecule has 20 heavy (non-hydrogen) atoms. The van der Waals surface area contributed by atoms with Gasteiger partial charge in [-0.15, -0.1) is 0 Å². The Morgan fingerprint density at radius 2 is 2.00 bits per heavy atom. The number of hydrogen-bond donors (Lipinski definition) is 1. The summed E-state index contributed by atoms with van der Waals surface area (Å²) < 4.78 is 38.8. The fourth-order valence-electron chi connectivity index (χ4n) is 1.98. The van der Waals surface area contributed by atoms with Crippen molar-refractivity contribution in [2.24, 2.45) is 0 Å². The number of hydrogen-bond acceptors (Lipinski definition) is 2. The first-order valence-electron chi connectivity index (χ1n) is 6.25. The number of aryl methyl sites for hydroxylation is 1. The molecule has 0 unspecified atom stereocenters. The van der Waals surface area contributed by atoms with Crippen molar-refractivity contribution < 1.29 is 13.2 Å². The summed E-state index contributed by atoms with van der Waals surface area (Å²) in [6, 6.07) is 4.36. The fraction of sp³-hybridized carbons (Fsp3) is 0.357. The molecule has 108 valence electrons. The first-order valence-corrected chi connectivity index (χ1v) is 6.63. The van der Waals surface area contributed by atoms with Gasteiger partial charge in [-0.1, -0.05) is 24.6 Å². The molecule has 0 aliphatic rings. The number of benzene rings is 1. The van der Waals surface area contributed by atoms with Gasteiger partial charge in [0.15, 0.2) is 0 Å². The second-order valence-electron chi connectivity index (χ2n) is 4.57. The highest BCUT2D eigenvalue weighted by atomic mass is 35.5. The number of alkyl halides is 3. The Bertz CT molecular complexity index is 638. The number of nitrogens with zero attached hydrogens (tertiary/aromatic N) is 1. The lowest BCUT2D eigenvalue weighted by Crippen LogP contribution is -2.11. The van der Waals surface area contributed by atoms with Crippen molar-refractivity contribution in [1.82, 2.24) is 4.98 Å². The molecule has 0 aliphatic heterocycles. The van der Waals surface area contributed by atoms with Crippen molar-refractivity contribution in [3.63, 3.8) is 0 Å².